The number of ether oxygens (including phenoxy) is 4. The van der Waals surface area contributed by atoms with Crippen molar-refractivity contribution in [3.05, 3.63) is 76.4 Å². The number of nitro groups is 1. The van der Waals surface area contributed by atoms with Gasteiger partial charge in [0.1, 0.15) is 23.4 Å². The normalized spacial score (nSPS) is 21.3. The number of fused-ring (bicyclic) bond motifs is 1. The first-order valence-electron chi connectivity index (χ1n) is 10.9. The predicted molar refractivity (Wildman–Crippen MR) is 126 cm³/mol. The smallest absolute Gasteiger partial charge is 0.270 e. The molecule has 2 heterocycles. The highest BCUT2D eigenvalue weighted by molar-refractivity contribution is 5.56. The van der Waals surface area contributed by atoms with Gasteiger partial charge in [0.05, 0.1) is 24.6 Å². The first kappa shape index (κ1) is 24.5. The molecule has 35 heavy (non-hydrogen) atoms. The van der Waals surface area contributed by atoms with E-state index in [1.807, 2.05) is 17.0 Å². The predicted octanol–water partition coefficient (Wildman–Crippen LogP) is 3.21. The van der Waals surface area contributed by atoms with Gasteiger partial charge < -0.3 is 33.9 Å². The van der Waals surface area contributed by atoms with E-state index in [0.29, 0.717) is 22.9 Å². The van der Waals surface area contributed by atoms with Crippen molar-refractivity contribution in [3.63, 3.8) is 0 Å². The molecule has 0 saturated heterocycles. The van der Waals surface area contributed by atoms with E-state index in [1.165, 1.54) is 32.4 Å². The number of methoxy groups -OCH3 is 3. The molecule has 0 aliphatic carbocycles. The molecule has 1 aliphatic heterocycles. The molecular weight excluding hydrogens is 456 g/mol. The Hall–Kier alpha value is -3.67. The van der Waals surface area contributed by atoms with Crippen molar-refractivity contribution in [2.75, 3.05) is 26.2 Å². The van der Waals surface area contributed by atoms with E-state index in [9.17, 15) is 15.2 Å². The third-order valence-electron chi connectivity index (χ3n) is 6.25. The quantitative estimate of drug-likeness (QED) is 0.267. The molecule has 186 valence electrons. The van der Waals surface area contributed by atoms with E-state index in [-0.39, 0.29) is 12.2 Å². The molecule has 3 atom stereocenters. The standard InChI is InChI=1S/C24H28N4O7/c1-24(23(33-3)34-4)22(29)21(18-13-16(28(30)31)7-10-19(18)35-24)27(14-20-25-11-12-26-20)15-5-8-17(32-2)9-6-15/h5-13,21-23,29H,14H2,1-4H3,(H,25,26)/t21-,22+,24-/m1/s1. The van der Waals surface area contributed by atoms with Crippen LogP contribution in [0.3, 0.4) is 0 Å². The molecule has 1 aliphatic rings. The fourth-order valence-electron chi connectivity index (χ4n) is 4.51. The molecule has 0 unspecified atom stereocenters. The zero-order valence-corrected chi connectivity index (χ0v) is 19.9. The largest absolute Gasteiger partial charge is 0.497 e. The second-order valence-corrected chi connectivity index (χ2v) is 8.32. The Morgan fingerprint density at radius 3 is 2.51 bits per heavy atom. The summed E-state index contributed by atoms with van der Waals surface area (Å²) in [6, 6.07) is 10.9. The number of aromatic amines is 1. The monoisotopic (exact) mass is 484 g/mol. The Bertz CT molecular complexity index is 1150. The SMILES string of the molecule is COc1ccc(N(Cc2ncc[nH]2)[C@@H]2c3cc([N+](=O)[O-])ccc3O[C@@](C)(C(OC)OC)[C@H]2O)cc1. The van der Waals surface area contributed by atoms with Crippen molar-refractivity contribution in [3.8, 4) is 11.5 Å². The molecule has 0 radical (unpaired) electrons. The number of aliphatic hydroxyl groups is 1. The van der Waals surface area contributed by atoms with Crippen LogP contribution in [0.25, 0.3) is 0 Å². The van der Waals surface area contributed by atoms with E-state index >= 15 is 0 Å². The van der Waals surface area contributed by atoms with Crippen LogP contribution in [0.2, 0.25) is 0 Å². The van der Waals surface area contributed by atoms with Crippen molar-refractivity contribution in [2.45, 2.75) is 37.5 Å². The van der Waals surface area contributed by atoms with E-state index in [2.05, 4.69) is 9.97 Å². The van der Waals surface area contributed by atoms with E-state index < -0.39 is 29.0 Å². The summed E-state index contributed by atoms with van der Waals surface area (Å²) in [5.74, 6) is 1.69. The number of anilines is 1. The maximum Gasteiger partial charge on any atom is 0.270 e. The van der Waals surface area contributed by atoms with Gasteiger partial charge in [0, 0.05) is 50.0 Å². The van der Waals surface area contributed by atoms with Crippen molar-refractivity contribution in [1.82, 2.24) is 9.97 Å². The minimum Gasteiger partial charge on any atom is -0.497 e. The zero-order chi connectivity index (χ0) is 25.2. The maximum atomic E-state index is 11.8. The summed E-state index contributed by atoms with van der Waals surface area (Å²) in [6.45, 7) is 1.95. The summed E-state index contributed by atoms with van der Waals surface area (Å²) >= 11 is 0. The lowest BCUT2D eigenvalue weighted by Gasteiger charge is -2.49. The van der Waals surface area contributed by atoms with Crippen LogP contribution in [0.1, 0.15) is 24.4 Å². The average Bonchev–Trinajstić information content (AvgIpc) is 3.38. The number of imidazole rings is 1. The van der Waals surface area contributed by atoms with Crippen molar-refractivity contribution in [1.29, 1.82) is 0 Å². The van der Waals surface area contributed by atoms with Crippen LogP contribution in [0.4, 0.5) is 11.4 Å². The average molecular weight is 485 g/mol. The molecule has 0 amide bonds. The highest BCUT2D eigenvalue weighted by atomic mass is 16.7. The van der Waals surface area contributed by atoms with Crippen molar-refractivity contribution >= 4 is 11.4 Å². The summed E-state index contributed by atoms with van der Waals surface area (Å²) in [5, 5.41) is 23.4. The Balaban J connectivity index is 1.91. The molecule has 3 aromatic rings. The number of nitro benzene ring substituents is 1. The number of nitrogens with one attached hydrogen (secondary N) is 1. The second-order valence-electron chi connectivity index (χ2n) is 8.32. The molecule has 2 aromatic carbocycles. The number of nitrogens with zero attached hydrogens (tertiary/aromatic N) is 3. The van der Waals surface area contributed by atoms with Crippen LogP contribution >= 0.6 is 0 Å². The molecule has 2 N–H and O–H groups in total. The molecule has 0 saturated carbocycles. The van der Waals surface area contributed by atoms with Crippen molar-refractivity contribution in [2.24, 2.45) is 0 Å². The summed E-state index contributed by atoms with van der Waals surface area (Å²) in [5.41, 5.74) is -0.265. The van der Waals surface area contributed by atoms with Crippen LogP contribution < -0.4 is 14.4 Å². The number of rotatable bonds is 9. The Labute approximate surface area is 202 Å². The number of non-ortho nitro benzene ring substituents is 1. The lowest BCUT2D eigenvalue weighted by molar-refractivity contribution is -0.385. The summed E-state index contributed by atoms with van der Waals surface area (Å²) in [4.78, 5) is 20.5. The minimum absolute atomic E-state index is 0.115. The van der Waals surface area contributed by atoms with E-state index in [4.69, 9.17) is 18.9 Å². The molecule has 4 rings (SSSR count). The van der Waals surface area contributed by atoms with Gasteiger partial charge in [0.15, 0.2) is 11.9 Å². The number of benzene rings is 2. The summed E-state index contributed by atoms with van der Waals surface area (Å²) in [6.07, 6.45) is 1.19. The molecule has 11 nitrogen and oxygen atoms in total. The van der Waals surface area contributed by atoms with Gasteiger partial charge in [-0.15, -0.1) is 0 Å². The van der Waals surface area contributed by atoms with E-state index in [0.717, 1.165) is 5.69 Å². The van der Waals surface area contributed by atoms with Crippen LogP contribution in [0, 0.1) is 10.1 Å². The number of hydrogen-bond donors (Lipinski definition) is 2. The minimum atomic E-state index is -1.34. The second kappa shape index (κ2) is 9.90. The molecule has 0 fully saturated rings. The van der Waals surface area contributed by atoms with Crippen molar-refractivity contribution < 1.29 is 29.0 Å². The lowest BCUT2D eigenvalue weighted by atomic mass is 9.83. The maximum absolute atomic E-state index is 11.8. The highest BCUT2D eigenvalue weighted by Crippen LogP contribution is 2.47. The number of aliphatic hydroxyl groups excluding tert-OH is 1. The van der Waals surface area contributed by atoms with Gasteiger partial charge in [-0.25, -0.2) is 4.98 Å². The first-order valence-corrected chi connectivity index (χ1v) is 10.9. The summed E-state index contributed by atoms with van der Waals surface area (Å²) in [7, 11) is 4.49. The van der Waals surface area contributed by atoms with Gasteiger partial charge in [-0.3, -0.25) is 10.1 Å². The van der Waals surface area contributed by atoms with E-state index in [1.54, 1.807) is 38.6 Å². The van der Waals surface area contributed by atoms with Gasteiger partial charge in [0.2, 0.25) is 0 Å². The third kappa shape index (κ3) is 4.53. The lowest BCUT2D eigenvalue weighted by Crippen LogP contribution is -2.62. The van der Waals surface area contributed by atoms with Gasteiger partial charge in [-0.2, -0.15) is 0 Å². The fourth-order valence-corrected chi connectivity index (χ4v) is 4.51. The Morgan fingerprint density at radius 1 is 1.23 bits per heavy atom. The zero-order valence-electron chi connectivity index (χ0n) is 19.9. The van der Waals surface area contributed by atoms with Crippen LogP contribution in [0.5, 0.6) is 11.5 Å². The Kier molecular flexibility index (Phi) is 6.92. The van der Waals surface area contributed by atoms with Gasteiger partial charge in [-0.05, 0) is 37.3 Å². The third-order valence-corrected chi connectivity index (χ3v) is 6.25. The van der Waals surface area contributed by atoms with Gasteiger partial charge in [0.25, 0.3) is 5.69 Å². The number of H-pyrrole nitrogens is 1. The van der Waals surface area contributed by atoms with Crippen LogP contribution in [0.15, 0.2) is 54.9 Å². The molecule has 1 aromatic heterocycles. The van der Waals surface area contributed by atoms with Crippen LogP contribution in [-0.4, -0.2) is 59.3 Å². The van der Waals surface area contributed by atoms with Gasteiger partial charge >= 0.3 is 0 Å². The summed E-state index contributed by atoms with van der Waals surface area (Å²) < 4.78 is 22.5. The fraction of sp³-hybridized carbons (Fsp3) is 0.375. The molecule has 0 spiro atoms. The first-order chi connectivity index (χ1) is 16.8. The van der Waals surface area contributed by atoms with Crippen LogP contribution in [-0.2, 0) is 16.0 Å². The number of aromatic nitrogens is 2. The molecule has 0 bridgehead atoms. The topological polar surface area (TPSA) is 132 Å². The number of hydrogen-bond acceptors (Lipinski definition) is 9. The highest BCUT2D eigenvalue weighted by Gasteiger charge is 2.54. The molecular formula is C24H28N4O7. The Morgan fingerprint density at radius 2 is 1.94 bits per heavy atom. The van der Waals surface area contributed by atoms with Gasteiger partial charge in [-0.1, -0.05) is 0 Å². The molecule has 11 heteroatoms.